The zero-order valence-corrected chi connectivity index (χ0v) is 12.5. The molecule has 2 rings (SSSR count). The van der Waals surface area contributed by atoms with Crippen molar-refractivity contribution in [3.63, 3.8) is 0 Å². The normalized spacial score (nSPS) is 17.3. The molecule has 1 aromatic rings. The van der Waals surface area contributed by atoms with E-state index in [0.717, 1.165) is 29.3 Å². The summed E-state index contributed by atoms with van der Waals surface area (Å²) in [5, 5.41) is 0. The van der Waals surface area contributed by atoms with Crippen molar-refractivity contribution in [2.75, 3.05) is 32.5 Å². The number of sulfonamides is 1. The number of rotatable bonds is 4. The number of nitrogen functional groups attached to an aromatic ring is 1. The fraction of sp³-hybridized carbons (Fsp3) is 0.538. The molecule has 1 fully saturated rings. The van der Waals surface area contributed by atoms with Gasteiger partial charge in [-0.1, -0.05) is 0 Å². The first-order valence-electron chi connectivity index (χ1n) is 6.61. The van der Waals surface area contributed by atoms with Crippen molar-refractivity contribution in [3.8, 4) is 0 Å². The molecule has 1 aliphatic rings. The first kappa shape index (κ1) is 16.1. The molecule has 0 radical (unpaired) electrons. The molecule has 1 aliphatic heterocycles. The van der Waals surface area contributed by atoms with Gasteiger partial charge in [-0.2, -0.15) is 0 Å². The lowest BCUT2D eigenvalue weighted by Crippen LogP contribution is -2.35. The topological polar surface area (TPSA) is 72.6 Å². The molecule has 1 saturated heterocycles. The van der Waals surface area contributed by atoms with Crippen molar-refractivity contribution in [2.24, 2.45) is 5.92 Å². The number of nitrogens with two attached hydrogens (primary N) is 1. The van der Waals surface area contributed by atoms with Crippen molar-refractivity contribution in [1.82, 2.24) is 4.31 Å². The Morgan fingerprint density at radius 2 is 1.81 bits per heavy atom. The van der Waals surface area contributed by atoms with Crippen LogP contribution in [0.25, 0.3) is 0 Å². The lowest BCUT2D eigenvalue weighted by atomic mass is 10.0. The lowest BCUT2D eigenvalue weighted by molar-refractivity contribution is 0.0620. The number of hydrogen-bond acceptors (Lipinski definition) is 4. The maximum absolute atomic E-state index is 13.8. The molecule has 118 valence electrons. The second-order valence-electron chi connectivity index (χ2n) is 5.15. The summed E-state index contributed by atoms with van der Waals surface area (Å²) < 4.78 is 58.5. The molecule has 0 amide bonds. The number of ether oxygens (including phenoxy) is 1. The molecular weight excluding hydrogens is 302 g/mol. The Hall–Kier alpha value is -1.25. The summed E-state index contributed by atoms with van der Waals surface area (Å²) in [7, 11) is -2.91. The molecule has 0 aliphatic carbocycles. The van der Waals surface area contributed by atoms with Crippen LogP contribution in [0.1, 0.15) is 12.8 Å². The number of anilines is 1. The Balaban J connectivity index is 2.24. The van der Waals surface area contributed by atoms with Crippen LogP contribution in [0, 0.1) is 17.6 Å². The molecule has 0 aromatic heterocycles. The highest BCUT2D eigenvalue weighted by Crippen LogP contribution is 2.26. The highest BCUT2D eigenvalue weighted by molar-refractivity contribution is 7.89. The van der Waals surface area contributed by atoms with E-state index < -0.39 is 26.6 Å². The average Bonchev–Trinajstić information content (AvgIpc) is 2.38. The van der Waals surface area contributed by atoms with Crippen molar-refractivity contribution < 1.29 is 21.9 Å². The standard InChI is InChI=1S/C13H18F2N2O3S/c1-17(8-9-2-4-20-5-3-9)21(18,19)13-11(14)6-10(16)7-12(13)15/h6-7,9H,2-5,8,16H2,1H3. The quantitative estimate of drug-likeness (QED) is 0.855. The van der Waals surface area contributed by atoms with Crippen LogP contribution in [0.3, 0.4) is 0 Å². The first-order valence-corrected chi connectivity index (χ1v) is 8.05. The largest absolute Gasteiger partial charge is 0.399 e. The van der Waals surface area contributed by atoms with Gasteiger partial charge in [-0.15, -0.1) is 0 Å². The SMILES string of the molecule is CN(CC1CCOCC1)S(=O)(=O)c1c(F)cc(N)cc1F. The Kier molecular flexibility index (Phi) is 4.80. The molecule has 2 N–H and O–H groups in total. The zero-order chi connectivity index (χ0) is 15.6. The van der Waals surface area contributed by atoms with E-state index in [1.807, 2.05) is 0 Å². The zero-order valence-electron chi connectivity index (χ0n) is 11.7. The molecule has 21 heavy (non-hydrogen) atoms. The summed E-state index contributed by atoms with van der Waals surface area (Å²) in [4.78, 5) is -0.953. The smallest absolute Gasteiger partial charge is 0.248 e. The first-order chi connectivity index (χ1) is 9.82. The van der Waals surface area contributed by atoms with Gasteiger partial charge in [0.1, 0.15) is 11.6 Å². The molecular formula is C13H18F2N2O3S. The third kappa shape index (κ3) is 3.50. The van der Waals surface area contributed by atoms with E-state index in [1.165, 1.54) is 7.05 Å². The average molecular weight is 320 g/mol. The van der Waals surface area contributed by atoms with E-state index in [0.29, 0.717) is 13.2 Å². The van der Waals surface area contributed by atoms with E-state index in [1.54, 1.807) is 0 Å². The van der Waals surface area contributed by atoms with Gasteiger partial charge in [0.2, 0.25) is 10.0 Å². The molecule has 0 atom stereocenters. The third-order valence-corrected chi connectivity index (χ3v) is 5.42. The van der Waals surface area contributed by atoms with Gasteiger partial charge in [-0.3, -0.25) is 0 Å². The molecule has 1 heterocycles. The summed E-state index contributed by atoms with van der Waals surface area (Å²) in [6, 6.07) is 1.61. The Labute approximate surface area is 122 Å². The summed E-state index contributed by atoms with van der Waals surface area (Å²) in [6.07, 6.45) is 1.46. The van der Waals surface area contributed by atoms with Crippen LogP contribution in [0.15, 0.2) is 17.0 Å². The van der Waals surface area contributed by atoms with E-state index in [2.05, 4.69) is 0 Å². The molecule has 0 bridgehead atoms. The van der Waals surface area contributed by atoms with Gasteiger partial charge >= 0.3 is 0 Å². The molecule has 1 aromatic carbocycles. The van der Waals surface area contributed by atoms with Gasteiger partial charge in [-0.25, -0.2) is 21.5 Å². The molecule has 0 unspecified atom stereocenters. The van der Waals surface area contributed by atoms with E-state index in [-0.39, 0.29) is 18.2 Å². The maximum Gasteiger partial charge on any atom is 0.248 e. The Morgan fingerprint density at radius 1 is 1.29 bits per heavy atom. The van der Waals surface area contributed by atoms with Crippen molar-refractivity contribution in [1.29, 1.82) is 0 Å². The third-order valence-electron chi connectivity index (χ3n) is 3.55. The molecule has 8 heteroatoms. The van der Waals surface area contributed by atoms with Crippen LogP contribution in [0.2, 0.25) is 0 Å². The summed E-state index contributed by atoms with van der Waals surface area (Å²) in [5.41, 5.74) is 5.14. The predicted octanol–water partition coefficient (Wildman–Crippen LogP) is 1.59. The van der Waals surface area contributed by atoms with Crippen molar-refractivity contribution >= 4 is 15.7 Å². The van der Waals surface area contributed by atoms with Crippen LogP contribution < -0.4 is 5.73 Å². The van der Waals surface area contributed by atoms with Gasteiger partial charge in [0, 0.05) is 32.5 Å². The van der Waals surface area contributed by atoms with Crippen LogP contribution in [0.5, 0.6) is 0 Å². The summed E-state index contributed by atoms with van der Waals surface area (Å²) in [5.74, 6) is -2.23. The minimum absolute atomic E-state index is 0.124. The second-order valence-corrected chi connectivity index (χ2v) is 7.14. The van der Waals surface area contributed by atoms with Crippen LogP contribution >= 0.6 is 0 Å². The van der Waals surface area contributed by atoms with Gasteiger partial charge in [-0.05, 0) is 30.9 Å². The number of halogens is 2. The number of benzene rings is 1. The molecule has 0 saturated carbocycles. The van der Waals surface area contributed by atoms with Crippen LogP contribution in [-0.4, -0.2) is 39.5 Å². The molecule has 5 nitrogen and oxygen atoms in total. The van der Waals surface area contributed by atoms with Crippen LogP contribution in [-0.2, 0) is 14.8 Å². The number of hydrogen-bond donors (Lipinski definition) is 1. The summed E-state index contributed by atoms with van der Waals surface area (Å²) >= 11 is 0. The minimum Gasteiger partial charge on any atom is -0.399 e. The molecule has 0 spiro atoms. The Morgan fingerprint density at radius 3 is 2.33 bits per heavy atom. The monoisotopic (exact) mass is 320 g/mol. The van der Waals surface area contributed by atoms with Gasteiger partial charge in [0.15, 0.2) is 4.90 Å². The van der Waals surface area contributed by atoms with Gasteiger partial charge in [0.05, 0.1) is 0 Å². The predicted molar refractivity (Wildman–Crippen MR) is 74.1 cm³/mol. The lowest BCUT2D eigenvalue weighted by Gasteiger charge is -2.27. The Bertz CT molecular complexity index is 593. The van der Waals surface area contributed by atoms with Crippen molar-refractivity contribution in [2.45, 2.75) is 17.7 Å². The van der Waals surface area contributed by atoms with Crippen LogP contribution in [0.4, 0.5) is 14.5 Å². The van der Waals surface area contributed by atoms with Crippen molar-refractivity contribution in [3.05, 3.63) is 23.8 Å². The maximum atomic E-state index is 13.8. The fourth-order valence-corrected chi connectivity index (χ4v) is 3.70. The summed E-state index contributed by atoms with van der Waals surface area (Å²) in [6.45, 7) is 1.35. The highest BCUT2D eigenvalue weighted by atomic mass is 32.2. The number of nitrogens with zero attached hydrogens (tertiary/aromatic N) is 1. The highest BCUT2D eigenvalue weighted by Gasteiger charge is 2.30. The minimum atomic E-state index is -4.23. The van der Waals surface area contributed by atoms with E-state index in [4.69, 9.17) is 10.5 Å². The van der Waals surface area contributed by atoms with E-state index >= 15 is 0 Å². The fourth-order valence-electron chi connectivity index (χ4n) is 2.37. The van der Waals surface area contributed by atoms with E-state index in [9.17, 15) is 17.2 Å². The second kappa shape index (κ2) is 6.25. The van der Waals surface area contributed by atoms with Gasteiger partial charge in [0.25, 0.3) is 0 Å². The van der Waals surface area contributed by atoms with Gasteiger partial charge < -0.3 is 10.5 Å².